The number of sulfonamides is 1. The van der Waals surface area contributed by atoms with Crippen LogP contribution in [0.4, 0.5) is 13.2 Å². The lowest BCUT2D eigenvalue weighted by atomic mass is 10.1. The van der Waals surface area contributed by atoms with Crippen molar-refractivity contribution in [2.45, 2.75) is 44.5 Å². The van der Waals surface area contributed by atoms with Crippen molar-refractivity contribution < 1.29 is 31.1 Å². The molecule has 6 nitrogen and oxygen atoms in total. The van der Waals surface area contributed by atoms with E-state index in [1.165, 1.54) is 0 Å². The molecule has 1 amide bonds. The molecule has 0 unspecified atom stereocenters. The van der Waals surface area contributed by atoms with Gasteiger partial charge in [0, 0.05) is 19.5 Å². The molecule has 0 saturated heterocycles. The number of carbonyl (C=O) groups is 1. The number of nitrogens with one attached hydrogen (secondary N) is 2. The fourth-order valence-corrected chi connectivity index (χ4v) is 4.06. The average molecular weight is 459 g/mol. The summed E-state index contributed by atoms with van der Waals surface area (Å²) < 4.78 is 68.0. The van der Waals surface area contributed by atoms with Crippen LogP contribution >= 0.6 is 0 Å². The summed E-state index contributed by atoms with van der Waals surface area (Å²) in [6, 6.07) is 11.7. The highest BCUT2D eigenvalue weighted by Crippen LogP contribution is 2.17. The molecule has 2 rings (SSSR count). The molecular weight excluding hydrogens is 433 g/mol. The molecule has 2 N–H and O–H groups in total. The molecular formula is C21H25F3N2O4S. The summed E-state index contributed by atoms with van der Waals surface area (Å²) in [5, 5.41) is 2.67. The minimum atomic E-state index is -4.36. The molecule has 0 aliphatic rings. The predicted octanol–water partition coefficient (Wildman–Crippen LogP) is 3.37. The molecule has 0 spiro atoms. The first-order chi connectivity index (χ1) is 14.5. The number of benzene rings is 2. The van der Waals surface area contributed by atoms with Gasteiger partial charge in [-0.2, -0.15) is 13.2 Å². The number of hydrogen-bond donors (Lipinski definition) is 2. The Kier molecular flexibility index (Phi) is 8.60. The van der Waals surface area contributed by atoms with Crippen molar-refractivity contribution in [3.8, 4) is 0 Å². The monoisotopic (exact) mass is 458 g/mol. The highest BCUT2D eigenvalue weighted by atomic mass is 32.2. The minimum absolute atomic E-state index is 0.0343. The van der Waals surface area contributed by atoms with Gasteiger partial charge in [-0.25, -0.2) is 13.1 Å². The second-order valence-electron chi connectivity index (χ2n) is 7.12. The van der Waals surface area contributed by atoms with Crippen molar-refractivity contribution in [1.82, 2.24) is 10.0 Å². The number of ether oxygens (including phenoxy) is 1. The smallest absolute Gasteiger partial charge is 0.367 e. The summed E-state index contributed by atoms with van der Waals surface area (Å²) in [6.07, 6.45) is -4.40. The normalized spacial score (nSPS) is 12.0. The summed E-state index contributed by atoms with van der Waals surface area (Å²) in [5.41, 5.74) is 2.78. The molecule has 0 saturated carbocycles. The largest absolute Gasteiger partial charge is 0.411 e. The molecule has 2 aromatic rings. The van der Waals surface area contributed by atoms with E-state index in [2.05, 4.69) is 14.8 Å². The zero-order chi connectivity index (χ0) is 23.1. The van der Waals surface area contributed by atoms with Gasteiger partial charge < -0.3 is 10.1 Å². The van der Waals surface area contributed by atoms with E-state index in [1.54, 1.807) is 50.2 Å². The van der Waals surface area contributed by atoms with Gasteiger partial charge in [0.2, 0.25) is 15.9 Å². The second kappa shape index (κ2) is 10.7. The molecule has 10 heteroatoms. The van der Waals surface area contributed by atoms with Gasteiger partial charge in [-0.1, -0.05) is 36.4 Å². The van der Waals surface area contributed by atoms with Crippen molar-refractivity contribution in [3.05, 3.63) is 64.7 Å². The van der Waals surface area contributed by atoms with Gasteiger partial charge >= 0.3 is 6.18 Å². The lowest BCUT2D eigenvalue weighted by Crippen LogP contribution is -2.31. The van der Waals surface area contributed by atoms with Gasteiger partial charge in [0.15, 0.2) is 0 Å². The molecule has 0 heterocycles. The molecule has 170 valence electrons. The summed E-state index contributed by atoms with van der Waals surface area (Å²) in [6.45, 7) is 2.20. The molecule has 0 aromatic heterocycles. The Morgan fingerprint density at radius 1 is 1.03 bits per heavy atom. The number of halogens is 3. The van der Waals surface area contributed by atoms with Crippen LogP contribution in [0, 0.1) is 13.8 Å². The van der Waals surface area contributed by atoms with Gasteiger partial charge in [0.25, 0.3) is 0 Å². The van der Waals surface area contributed by atoms with Gasteiger partial charge in [-0.3, -0.25) is 4.79 Å². The Labute approximate surface area is 179 Å². The first kappa shape index (κ1) is 24.8. The van der Waals surface area contributed by atoms with E-state index < -0.39 is 22.8 Å². The highest BCUT2D eigenvalue weighted by Gasteiger charge is 2.27. The number of rotatable bonds is 10. The molecule has 0 fully saturated rings. The first-order valence-electron chi connectivity index (χ1n) is 9.52. The zero-order valence-corrected chi connectivity index (χ0v) is 18.1. The summed E-state index contributed by atoms with van der Waals surface area (Å²) in [4.78, 5) is 12.2. The van der Waals surface area contributed by atoms with Crippen LogP contribution in [0.15, 0.2) is 47.4 Å². The molecule has 31 heavy (non-hydrogen) atoms. The Morgan fingerprint density at radius 2 is 1.68 bits per heavy atom. The number of hydrogen-bond acceptors (Lipinski definition) is 4. The third-order valence-corrected chi connectivity index (χ3v) is 5.93. The standard InChI is InChI=1S/C21H25F3N2O4S/c1-15-3-4-16(2)19(11-15)31(28,29)26-10-9-20(27)25-12-17-5-7-18(8-6-17)13-30-14-21(22,23)24/h3-8,11,26H,9-10,12-14H2,1-2H3,(H,25,27). The van der Waals surface area contributed by atoms with Crippen molar-refractivity contribution >= 4 is 15.9 Å². The van der Waals surface area contributed by atoms with E-state index in [1.807, 2.05) is 6.07 Å². The summed E-state index contributed by atoms with van der Waals surface area (Å²) in [7, 11) is -3.71. The molecule has 0 aliphatic carbocycles. The maximum absolute atomic E-state index is 12.4. The van der Waals surface area contributed by atoms with E-state index >= 15 is 0 Å². The van der Waals surface area contributed by atoms with E-state index in [-0.39, 0.29) is 36.9 Å². The lowest BCUT2D eigenvalue weighted by molar-refractivity contribution is -0.176. The number of carbonyl (C=O) groups excluding carboxylic acids is 1. The Hall–Kier alpha value is -2.43. The van der Waals surface area contributed by atoms with Gasteiger partial charge in [-0.05, 0) is 42.2 Å². The highest BCUT2D eigenvalue weighted by molar-refractivity contribution is 7.89. The van der Waals surface area contributed by atoms with Crippen LogP contribution in [0.5, 0.6) is 0 Å². The van der Waals surface area contributed by atoms with Gasteiger partial charge in [-0.15, -0.1) is 0 Å². The fourth-order valence-electron chi connectivity index (χ4n) is 2.70. The van der Waals surface area contributed by atoms with E-state index in [4.69, 9.17) is 0 Å². The van der Waals surface area contributed by atoms with Gasteiger partial charge in [0.1, 0.15) is 6.61 Å². The Bertz CT molecular complexity index is 991. The topological polar surface area (TPSA) is 84.5 Å². The summed E-state index contributed by atoms with van der Waals surface area (Å²) >= 11 is 0. The fraction of sp³-hybridized carbons (Fsp3) is 0.381. The van der Waals surface area contributed by atoms with E-state index in [0.717, 1.165) is 11.1 Å². The van der Waals surface area contributed by atoms with Crippen molar-refractivity contribution in [2.24, 2.45) is 0 Å². The maximum Gasteiger partial charge on any atom is 0.411 e. The van der Waals surface area contributed by atoms with E-state index in [9.17, 15) is 26.4 Å². The third kappa shape index (κ3) is 8.68. The zero-order valence-electron chi connectivity index (χ0n) is 17.3. The molecule has 0 radical (unpaired) electrons. The minimum Gasteiger partial charge on any atom is -0.367 e. The number of aryl methyl sites for hydroxylation is 2. The number of amides is 1. The molecule has 2 aromatic carbocycles. The molecule has 0 aliphatic heterocycles. The van der Waals surface area contributed by atoms with Crippen LogP contribution in [-0.2, 0) is 32.7 Å². The first-order valence-corrected chi connectivity index (χ1v) is 11.0. The predicted molar refractivity (Wildman–Crippen MR) is 110 cm³/mol. The van der Waals surface area contributed by atoms with Gasteiger partial charge in [0.05, 0.1) is 11.5 Å². The quantitative estimate of drug-likeness (QED) is 0.572. The lowest BCUT2D eigenvalue weighted by Gasteiger charge is -2.11. The Balaban J connectivity index is 1.75. The SMILES string of the molecule is Cc1ccc(C)c(S(=O)(=O)NCCC(=O)NCc2ccc(COCC(F)(F)F)cc2)c1. The molecule has 0 atom stereocenters. The average Bonchev–Trinajstić information content (AvgIpc) is 2.68. The van der Waals surface area contributed by atoms with Crippen molar-refractivity contribution in [2.75, 3.05) is 13.2 Å². The van der Waals surface area contributed by atoms with Crippen LogP contribution in [0.1, 0.15) is 28.7 Å². The van der Waals surface area contributed by atoms with Crippen molar-refractivity contribution in [3.63, 3.8) is 0 Å². The number of alkyl halides is 3. The van der Waals surface area contributed by atoms with Crippen LogP contribution in [0.25, 0.3) is 0 Å². The van der Waals surface area contributed by atoms with Crippen LogP contribution in [0.2, 0.25) is 0 Å². The molecule has 0 bridgehead atoms. The van der Waals surface area contributed by atoms with Crippen LogP contribution < -0.4 is 10.0 Å². The van der Waals surface area contributed by atoms with Crippen LogP contribution in [0.3, 0.4) is 0 Å². The van der Waals surface area contributed by atoms with E-state index in [0.29, 0.717) is 11.1 Å². The van der Waals surface area contributed by atoms with Crippen molar-refractivity contribution in [1.29, 1.82) is 0 Å². The Morgan fingerprint density at radius 3 is 2.32 bits per heavy atom. The second-order valence-corrected chi connectivity index (χ2v) is 8.85. The third-order valence-electron chi connectivity index (χ3n) is 4.32. The van der Waals surface area contributed by atoms with Crippen LogP contribution in [-0.4, -0.2) is 33.7 Å². The summed E-state index contributed by atoms with van der Waals surface area (Å²) in [5.74, 6) is -0.332. The maximum atomic E-state index is 12.4.